The van der Waals surface area contributed by atoms with Crippen LogP contribution in [0.15, 0.2) is 41.3 Å². The van der Waals surface area contributed by atoms with E-state index >= 15 is 0 Å². The maximum atomic E-state index is 13.0. The van der Waals surface area contributed by atoms with Crippen molar-refractivity contribution in [2.75, 3.05) is 0 Å². The van der Waals surface area contributed by atoms with E-state index in [-0.39, 0.29) is 17.0 Å². The Hall–Kier alpha value is -1.95. The van der Waals surface area contributed by atoms with E-state index in [2.05, 4.69) is 17.9 Å². The summed E-state index contributed by atoms with van der Waals surface area (Å²) >= 11 is 3.88. The molecule has 104 valence electrons. The van der Waals surface area contributed by atoms with Gasteiger partial charge in [-0.1, -0.05) is 6.07 Å². The first-order valence-electron chi connectivity index (χ1n) is 5.68. The molecule has 1 amide bonds. The summed E-state index contributed by atoms with van der Waals surface area (Å²) in [4.78, 5) is 11.9. The summed E-state index contributed by atoms with van der Waals surface area (Å²) in [5, 5.41) is 2.52. The zero-order chi connectivity index (χ0) is 14.7. The van der Waals surface area contributed by atoms with Crippen LogP contribution in [0.3, 0.4) is 0 Å². The Morgan fingerprint density at radius 2 is 1.70 bits per heavy atom. The van der Waals surface area contributed by atoms with Gasteiger partial charge in [0.25, 0.3) is 5.91 Å². The van der Waals surface area contributed by atoms with E-state index in [0.717, 1.165) is 18.2 Å². The van der Waals surface area contributed by atoms with E-state index in [9.17, 15) is 18.0 Å². The summed E-state index contributed by atoms with van der Waals surface area (Å²) in [6.45, 7) is 0.0370. The van der Waals surface area contributed by atoms with Gasteiger partial charge in [0, 0.05) is 17.0 Å². The topological polar surface area (TPSA) is 29.1 Å². The Morgan fingerprint density at radius 3 is 2.35 bits per heavy atom. The summed E-state index contributed by atoms with van der Waals surface area (Å²) in [6.07, 6.45) is 0. The predicted molar refractivity (Wildman–Crippen MR) is 71.2 cm³/mol. The van der Waals surface area contributed by atoms with E-state index < -0.39 is 23.4 Å². The van der Waals surface area contributed by atoms with Crippen LogP contribution in [0.5, 0.6) is 0 Å². The van der Waals surface area contributed by atoms with Gasteiger partial charge < -0.3 is 5.32 Å². The molecule has 0 bridgehead atoms. The molecule has 0 atom stereocenters. The smallest absolute Gasteiger partial charge is 0.251 e. The summed E-state index contributed by atoms with van der Waals surface area (Å²) in [7, 11) is 0. The van der Waals surface area contributed by atoms with Gasteiger partial charge in [-0.15, -0.1) is 12.6 Å². The van der Waals surface area contributed by atoms with Crippen LogP contribution in [0.4, 0.5) is 13.2 Å². The van der Waals surface area contributed by atoms with E-state index in [4.69, 9.17) is 0 Å². The minimum Gasteiger partial charge on any atom is -0.348 e. The number of rotatable bonds is 3. The average molecular weight is 297 g/mol. The van der Waals surface area contributed by atoms with Crippen molar-refractivity contribution in [3.63, 3.8) is 0 Å². The fourth-order valence-corrected chi connectivity index (χ4v) is 1.80. The summed E-state index contributed by atoms with van der Waals surface area (Å²) in [5.74, 6) is -2.90. The molecule has 20 heavy (non-hydrogen) atoms. The molecule has 2 aromatic carbocycles. The largest absolute Gasteiger partial charge is 0.348 e. The molecule has 6 heteroatoms. The van der Waals surface area contributed by atoms with E-state index in [0.29, 0.717) is 5.56 Å². The Morgan fingerprint density at radius 1 is 1.00 bits per heavy atom. The Bertz CT molecular complexity index is 661. The molecule has 0 saturated heterocycles. The Balaban J connectivity index is 2.04. The van der Waals surface area contributed by atoms with Crippen molar-refractivity contribution >= 4 is 18.5 Å². The van der Waals surface area contributed by atoms with Gasteiger partial charge in [0.15, 0.2) is 11.6 Å². The van der Waals surface area contributed by atoms with Crippen LogP contribution in [0, 0.1) is 17.5 Å². The number of amides is 1. The fourth-order valence-electron chi connectivity index (χ4n) is 1.59. The van der Waals surface area contributed by atoms with Crippen molar-refractivity contribution in [3.05, 3.63) is 65.0 Å². The van der Waals surface area contributed by atoms with E-state index in [1.54, 1.807) is 0 Å². The second-order valence-corrected chi connectivity index (χ2v) is 4.58. The third-order valence-electron chi connectivity index (χ3n) is 2.65. The van der Waals surface area contributed by atoms with Crippen molar-refractivity contribution in [2.45, 2.75) is 11.4 Å². The Kier molecular flexibility index (Phi) is 4.34. The van der Waals surface area contributed by atoms with E-state index in [1.807, 2.05) is 0 Å². The van der Waals surface area contributed by atoms with Crippen LogP contribution in [0.2, 0.25) is 0 Å². The molecule has 0 spiro atoms. The first-order chi connectivity index (χ1) is 9.47. The zero-order valence-corrected chi connectivity index (χ0v) is 11.1. The highest BCUT2D eigenvalue weighted by molar-refractivity contribution is 7.80. The lowest BCUT2D eigenvalue weighted by Crippen LogP contribution is -2.22. The molecule has 0 heterocycles. The van der Waals surface area contributed by atoms with Crippen LogP contribution >= 0.6 is 12.6 Å². The number of carbonyl (C=O) groups excluding carboxylic acids is 1. The molecule has 0 unspecified atom stereocenters. The number of halogens is 3. The maximum Gasteiger partial charge on any atom is 0.251 e. The van der Waals surface area contributed by atoms with Gasteiger partial charge in [-0.25, -0.2) is 13.2 Å². The molecule has 2 nitrogen and oxygen atoms in total. The molecule has 0 fully saturated rings. The number of thiol groups is 1. The van der Waals surface area contributed by atoms with Crippen LogP contribution in [-0.2, 0) is 6.54 Å². The highest BCUT2D eigenvalue weighted by atomic mass is 32.1. The van der Waals surface area contributed by atoms with Crippen molar-refractivity contribution in [2.24, 2.45) is 0 Å². The first-order valence-corrected chi connectivity index (χ1v) is 6.13. The molecule has 0 aliphatic heterocycles. The molecule has 0 aliphatic carbocycles. The van der Waals surface area contributed by atoms with Gasteiger partial charge in [0.1, 0.15) is 5.82 Å². The van der Waals surface area contributed by atoms with Crippen LogP contribution < -0.4 is 5.32 Å². The van der Waals surface area contributed by atoms with Crippen molar-refractivity contribution in [1.29, 1.82) is 0 Å². The molecule has 2 rings (SSSR count). The van der Waals surface area contributed by atoms with E-state index in [1.165, 1.54) is 18.2 Å². The fraction of sp³-hybridized carbons (Fsp3) is 0.0714. The third kappa shape index (κ3) is 3.33. The molecular weight excluding hydrogens is 287 g/mol. The highest BCUT2D eigenvalue weighted by Gasteiger charge is 2.09. The summed E-state index contributed by atoms with van der Waals surface area (Å²) in [5.41, 5.74) is 0.657. The standard InChI is InChI=1S/C14H10F3NOS/c15-10-3-1-8(5-12(10)17)7-18-14(19)9-2-4-11(16)13(20)6-9/h1-6,20H,7H2,(H,18,19). The number of nitrogens with one attached hydrogen (secondary N) is 1. The predicted octanol–water partition coefficient (Wildman–Crippen LogP) is 3.32. The lowest BCUT2D eigenvalue weighted by atomic mass is 10.2. The highest BCUT2D eigenvalue weighted by Crippen LogP contribution is 2.14. The molecule has 0 aliphatic rings. The number of hydrogen-bond donors (Lipinski definition) is 2. The van der Waals surface area contributed by atoms with Gasteiger partial charge in [0.2, 0.25) is 0 Å². The third-order valence-corrected chi connectivity index (χ3v) is 2.99. The minimum absolute atomic E-state index is 0.0370. The number of hydrogen-bond acceptors (Lipinski definition) is 2. The van der Waals surface area contributed by atoms with Gasteiger partial charge in [-0.3, -0.25) is 4.79 Å². The lowest BCUT2D eigenvalue weighted by molar-refractivity contribution is 0.0950. The van der Waals surface area contributed by atoms with Crippen LogP contribution in [-0.4, -0.2) is 5.91 Å². The Labute approximate surface area is 119 Å². The monoisotopic (exact) mass is 297 g/mol. The van der Waals surface area contributed by atoms with Gasteiger partial charge >= 0.3 is 0 Å². The number of benzene rings is 2. The second kappa shape index (κ2) is 6.00. The molecule has 1 N–H and O–H groups in total. The van der Waals surface area contributed by atoms with Gasteiger partial charge in [0.05, 0.1) is 0 Å². The summed E-state index contributed by atoms with van der Waals surface area (Å²) < 4.78 is 38.7. The molecule has 0 aromatic heterocycles. The van der Waals surface area contributed by atoms with Crippen LogP contribution in [0.1, 0.15) is 15.9 Å². The second-order valence-electron chi connectivity index (χ2n) is 4.10. The maximum absolute atomic E-state index is 13.0. The molecule has 2 aromatic rings. The summed E-state index contributed by atoms with van der Waals surface area (Å²) in [6, 6.07) is 7.10. The zero-order valence-electron chi connectivity index (χ0n) is 10.2. The molecule has 0 radical (unpaired) electrons. The minimum atomic E-state index is -0.976. The average Bonchev–Trinajstić information content (AvgIpc) is 2.43. The van der Waals surface area contributed by atoms with Crippen molar-refractivity contribution < 1.29 is 18.0 Å². The van der Waals surface area contributed by atoms with Crippen molar-refractivity contribution in [1.82, 2.24) is 5.32 Å². The number of carbonyl (C=O) groups is 1. The SMILES string of the molecule is O=C(NCc1ccc(F)c(F)c1)c1ccc(F)c(S)c1. The molecular formula is C14H10F3NOS. The quantitative estimate of drug-likeness (QED) is 0.836. The molecule has 0 saturated carbocycles. The van der Waals surface area contributed by atoms with Crippen LogP contribution in [0.25, 0.3) is 0 Å². The van der Waals surface area contributed by atoms with Gasteiger partial charge in [-0.2, -0.15) is 0 Å². The van der Waals surface area contributed by atoms with Crippen molar-refractivity contribution in [3.8, 4) is 0 Å². The normalized spacial score (nSPS) is 10.4. The lowest BCUT2D eigenvalue weighted by Gasteiger charge is -2.06. The first kappa shape index (κ1) is 14.5. The van der Waals surface area contributed by atoms with Gasteiger partial charge in [-0.05, 0) is 35.9 Å².